The smallest absolute Gasteiger partial charge is 0.240 e. The van der Waals surface area contributed by atoms with E-state index >= 15 is 0 Å². The van der Waals surface area contributed by atoms with Crippen LogP contribution in [0.1, 0.15) is 33.1 Å². The third-order valence-corrected chi connectivity index (χ3v) is 3.35. The molecule has 2 fully saturated rings. The van der Waals surface area contributed by atoms with E-state index in [2.05, 4.69) is 5.32 Å². The van der Waals surface area contributed by atoms with E-state index in [-0.39, 0.29) is 18.1 Å². The van der Waals surface area contributed by atoms with Gasteiger partial charge in [0.15, 0.2) is 0 Å². The molecule has 16 heavy (non-hydrogen) atoms. The zero-order valence-corrected chi connectivity index (χ0v) is 10.2. The van der Waals surface area contributed by atoms with Crippen molar-refractivity contribution in [2.45, 2.75) is 45.3 Å². The highest BCUT2D eigenvalue weighted by Crippen LogP contribution is 2.28. The molecule has 0 bridgehead atoms. The Morgan fingerprint density at radius 2 is 2.19 bits per heavy atom. The maximum atomic E-state index is 11.7. The third-order valence-electron chi connectivity index (χ3n) is 3.35. The van der Waals surface area contributed by atoms with Crippen LogP contribution in [0, 0.1) is 5.92 Å². The van der Waals surface area contributed by atoms with Gasteiger partial charge in [0.05, 0.1) is 12.2 Å². The van der Waals surface area contributed by atoms with Crippen LogP contribution in [0.15, 0.2) is 0 Å². The molecule has 2 rings (SSSR count). The molecule has 1 aliphatic heterocycles. The average Bonchev–Trinajstić information content (AvgIpc) is 3.02. The van der Waals surface area contributed by atoms with E-state index in [1.807, 2.05) is 18.7 Å². The van der Waals surface area contributed by atoms with Crippen molar-refractivity contribution in [1.29, 1.82) is 0 Å². The molecule has 1 amide bonds. The van der Waals surface area contributed by atoms with Crippen LogP contribution in [0.5, 0.6) is 0 Å². The van der Waals surface area contributed by atoms with E-state index in [0.717, 1.165) is 32.1 Å². The molecule has 1 saturated carbocycles. The lowest BCUT2D eigenvalue weighted by Crippen LogP contribution is -2.35. The Bertz CT molecular complexity index is 253. The Hall–Kier alpha value is -0.610. The van der Waals surface area contributed by atoms with Gasteiger partial charge >= 0.3 is 0 Å². The molecule has 2 atom stereocenters. The number of rotatable bonds is 6. The molecule has 4 heteroatoms. The molecule has 92 valence electrons. The molecule has 0 aromatic heterocycles. The second kappa shape index (κ2) is 5.15. The van der Waals surface area contributed by atoms with E-state index in [9.17, 15) is 4.79 Å². The molecular formula is C12H22N2O2. The summed E-state index contributed by atoms with van der Waals surface area (Å²) in [6.07, 6.45) is 3.79. The Labute approximate surface area is 97.3 Å². The van der Waals surface area contributed by atoms with E-state index in [4.69, 9.17) is 4.74 Å². The minimum atomic E-state index is -0.0256. The quantitative estimate of drug-likeness (QED) is 0.686. The van der Waals surface area contributed by atoms with Crippen LogP contribution in [0.4, 0.5) is 0 Å². The fraction of sp³-hybridized carbons (Fsp3) is 0.917. The number of carbonyl (C=O) groups is 1. The summed E-state index contributed by atoms with van der Waals surface area (Å²) in [5.41, 5.74) is 0. The molecule has 1 saturated heterocycles. The Morgan fingerprint density at radius 1 is 1.44 bits per heavy atom. The van der Waals surface area contributed by atoms with Crippen molar-refractivity contribution >= 4 is 5.91 Å². The minimum absolute atomic E-state index is 0.0256. The predicted octanol–water partition coefficient (Wildman–Crippen LogP) is 0.969. The van der Waals surface area contributed by atoms with Crippen molar-refractivity contribution in [1.82, 2.24) is 10.2 Å². The van der Waals surface area contributed by atoms with Gasteiger partial charge in [0.25, 0.3) is 0 Å². The molecule has 0 spiro atoms. The summed E-state index contributed by atoms with van der Waals surface area (Å²) >= 11 is 0. The standard InChI is InChI=1S/C12H22N2O2/c1-9-12(15)14(10(2)13-9)6-3-7-16-8-11-4-5-11/h9-11,13H,3-8H2,1-2H3. The molecule has 0 aromatic carbocycles. The monoisotopic (exact) mass is 226 g/mol. The van der Waals surface area contributed by atoms with Crippen LogP contribution in [0.2, 0.25) is 0 Å². The summed E-state index contributed by atoms with van der Waals surface area (Å²) in [4.78, 5) is 13.6. The van der Waals surface area contributed by atoms with Crippen molar-refractivity contribution in [3.8, 4) is 0 Å². The normalized spacial score (nSPS) is 30.1. The van der Waals surface area contributed by atoms with Crippen LogP contribution in [-0.2, 0) is 9.53 Å². The average molecular weight is 226 g/mol. The van der Waals surface area contributed by atoms with E-state index in [1.54, 1.807) is 0 Å². The lowest BCUT2D eigenvalue weighted by molar-refractivity contribution is -0.129. The largest absolute Gasteiger partial charge is 0.381 e. The molecular weight excluding hydrogens is 204 g/mol. The first-order valence-corrected chi connectivity index (χ1v) is 6.32. The molecule has 0 radical (unpaired) electrons. The van der Waals surface area contributed by atoms with E-state index in [1.165, 1.54) is 12.8 Å². The predicted molar refractivity (Wildman–Crippen MR) is 61.9 cm³/mol. The Balaban J connectivity index is 1.59. The molecule has 2 aliphatic rings. The molecule has 1 aliphatic carbocycles. The van der Waals surface area contributed by atoms with Crippen LogP contribution in [0.3, 0.4) is 0 Å². The molecule has 4 nitrogen and oxygen atoms in total. The second-order valence-electron chi connectivity index (χ2n) is 4.97. The maximum absolute atomic E-state index is 11.7. The van der Waals surface area contributed by atoms with Gasteiger partial charge in [0.1, 0.15) is 0 Å². The summed E-state index contributed by atoms with van der Waals surface area (Å²) in [6.45, 7) is 6.45. The highest BCUT2D eigenvalue weighted by atomic mass is 16.5. The zero-order chi connectivity index (χ0) is 11.5. The summed E-state index contributed by atoms with van der Waals surface area (Å²) in [5.74, 6) is 1.05. The SMILES string of the molecule is CC1NC(C)N(CCCOCC2CC2)C1=O. The van der Waals surface area contributed by atoms with Gasteiger partial charge < -0.3 is 9.64 Å². The van der Waals surface area contributed by atoms with Crippen LogP contribution >= 0.6 is 0 Å². The van der Waals surface area contributed by atoms with Crippen LogP contribution < -0.4 is 5.32 Å². The van der Waals surface area contributed by atoms with Crippen molar-refractivity contribution in [2.75, 3.05) is 19.8 Å². The highest BCUT2D eigenvalue weighted by molar-refractivity contribution is 5.83. The number of ether oxygens (including phenoxy) is 1. The number of hydrogen-bond donors (Lipinski definition) is 1. The van der Waals surface area contributed by atoms with Gasteiger partial charge in [-0.05, 0) is 39.0 Å². The van der Waals surface area contributed by atoms with Crippen molar-refractivity contribution in [2.24, 2.45) is 5.92 Å². The number of carbonyl (C=O) groups excluding carboxylic acids is 1. The second-order valence-corrected chi connectivity index (χ2v) is 4.97. The molecule has 0 aromatic rings. The number of amides is 1. The van der Waals surface area contributed by atoms with Gasteiger partial charge in [-0.15, -0.1) is 0 Å². The zero-order valence-electron chi connectivity index (χ0n) is 10.2. The first-order chi connectivity index (χ1) is 7.68. The van der Waals surface area contributed by atoms with Gasteiger partial charge in [0, 0.05) is 19.8 Å². The van der Waals surface area contributed by atoms with Crippen molar-refractivity contribution in [3.63, 3.8) is 0 Å². The van der Waals surface area contributed by atoms with Gasteiger partial charge in [-0.25, -0.2) is 0 Å². The topological polar surface area (TPSA) is 41.6 Å². The number of nitrogens with zero attached hydrogens (tertiary/aromatic N) is 1. The van der Waals surface area contributed by atoms with Gasteiger partial charge in [-0.2, -0.15) is 0 Å². The molecule has 2 unspecified atom stereocenters. The lowest BCUT2D eigenvalue weighted by Gasteiger charge is -2.20. The minimum Gasteiger partial charge on any atom is -0.381 e. The summed E-state index contributed by atoms with van der Waals surface area (Å²) in [6, 6.07) is -0.0256. The highest BCUT2D eigenvalue weighted by Gasteiger charge is 2.32. The van der Waals surface area contributed by atoms with E-state index < -0.39 is 0 Å². The van der Waals surface area contributed by atoms with Crippen molar-refractivity contribution in [3.05, 3.63) is 0 Å². The summed E-state index contributed by atoms with van der Waals surface area (Å²) in [7, 11) is 0. The van der Waals surface area contributed by atoms with Gasteiger partial charge in [-0.3, -0.25) is 10.1 Å². The third kappa shape index (κ3) is 2.95. The summed E-state index contributed by atoms with van der Waals surface area (Å²) in [5, 5.41) is 3.22. The number of hydrogen-bond acceptors (Lipinski definition) is 3. The first kappa shape index (κ1) is 11.9. The van der Waals surface area contributed by atoms with E-state index in [0.29, 0.717) is 0 Å². The lowest BCUT2D eigenvalue weighted by atomic mass is 10.3. The Morgan fingerprint density at radius 3 is 2.75 bits per heavy atom. The van der Waals surface area contributed by atoms with Crippen LogP contribution in [0.25, 0.3) is 0 Å². The Kier molecular flexibility index (Phi) is 3.82. The maximum Gasteiger partial charge on any atom is 0.240 e. The summed E-state index contributed by atoms with van der Waals surface area (Å²) < 4.78 is 5.56. The van der Waals surface area contributed by atoms with Crippen LogP contribution in [-0.4, -0.2) is 42.8 Å². The number of nitrogens with one attached hydrogen (secondary N) is 1. The van der Waals surface area contributed by atoms with Gasteiger partial charge in [0.2, 0.25) is 5.91 Å². The fourth-order valence-corrected chi connectivity index (χ4v) is 2.14. The van der Waals surface area contributed by atoms with Crippen molar-refractivity contribution < 1.29 is 9.53 Å². The molecule has 1 heterocycles. The van der Waals surface area contributed by atoms with Gasteiger partial charge in [-0.1, -0.05) is 0 Å². The fourth-order valence-electron chi connectivity index (χ4n) is 2.14. The molecule has 1 N–H and O–H groups in total. The first-order valence-electron chi connectivity index (χ1n) is 6.32.